The van der Waals surface area contributed by atoms with Crippen molar-refractivity contribution in [3.05, 3.63) is 44.9 Å². The number of benzene rings is 1. The number of aliphatic hydroxyl groups excluding tert-OH is 2. The van der Waals surface area contributed by atoms with Crippen LogP contribution in [0.2, 0.25) is 0 Å². The van der Waals surface area contributed by atoms with Crippen LogP contribution in [-0.4, -0.2) is 15.3 Å². The molecule has 6 heteroatoms. The van der Waals surface area contributed by atoms with Crippen molar-refractivity contribution in [3.63, 3.8) is 0 Å². The third-order valence-electron chi connectivity index (χ3n) is 4.92. The summed E-state index contributed by atoms with van der Waals surface area (Å²) in [6.45, 7) is 16.7. The van der Waals surface area contributed by atoms with Crippen LogP contribution < -0.4 is 21.5 Å². The molecule has 3 N–H and O–H groups in total. The van der Waals surface area contributed by atoms with E-state index in [9.17, 15) is 15.3 Å². The highest BCUT2D eigenvalue weighted by molar-refractivity contribution is 7.09. The molecule has 2 unspecified atom stereocenters. The quantitative estimate of drug-likeness (QED) is 0.591. The Morgan fingerprint density at radius 1 is 1.00 bits per heavy atom. The van der Waals surface area contributed by atoms with Gasteiger partial charge in [0.05, 0.1) is 6.10 Å². The monoisotopic (exact) mass is 471 g/mol. The van der Waals surface area contributed by atoms with Gasteiger partial charge in [0.15, 0.2) is 12.2 Å². The van der Waals surface area contributed by atoms with Crippen molar-refractivity contribution < 1.29 is 36.9 Å². The molecule has 0 aliphatic carbocycles. The van der Waals surface area contributed by atoms with Gasteiger partial charge in [0.25, 0.3) is 0 Å². The Hall–Kier alpha value is -0.950. The Bertz CT molecular complexity index is 816. The summed E-state index contributed by atoms with van der Waals surface area (Å²) in [5.74, 6) is 0.277. The van der Waals surface area contributed by atoms with Crippen LogP contribution >= 0.6 is 11.3 Å². The van der Waals surface area contributed by atoms with Crippen LogP contribution in [0.1, 0.15) is 87.9 Å². The number of aromatic nitrogens is 1. The molecule has 0 fully saturated rings. The van der Waals surface area contributed by atoms with Gasteiger partial charge in [-0.25, -0.2) is 0 Å². The molecule has 2 atom stereocenters. The molecular formula is C22H34BrNO3S. The number of halogens is 1. The number of rotatable bonds is 4. The summed E-state index contributed by atoms with van der Waals surface area (Å²) in [6.07, 6.45) is -1.22. The molecule has 0 amide bonds. The van der Waals surface area contributed by atoms with E-state index >= 15 is 0 Å². The normalized spacial score (nSPS) is 14.5. The van der Waals surface area contributed by atoms with Gasteiger partial charge in [0.1, 0.15) is 16.7 Å². The van der Waals surface area contributed by atoms with Crippen molar-refractivity contribution >= 4 is 11.3 Å². The predicted molar refractivity (Wildman–Crippen MR) is 110 cm³/mol. The lowest BCUT2D eigenvalue weighted by atomic mass is 9.72. The van der Waals surface area contributed by atoms with Crippen LogP contribution in [0, 0.1) is 6.92 Å². The van der Waals surface area contributed by atoms with Crippen LogP contribution in [0.4, 0.5) is 0 Å². The number of nitrogens with zero attached hydrogens (tertiary/aromatic N) is 1. The first kappa shape index (κ1) is 25.1. The number of phenolic OH excluding ortho intramolecular Hbond substituents is 1. The van der Waals surface area contributed by atoms with Crippen molar-refractivity contribution in [1.82, 2.24) is 0 Å². The van der Waals surface area contributed by atoms with Gasteiger partial charge < -0.3 is 32.3 Å². The van der Waals surface area contributed by atoms with E-state index in [1.54, 1.807) is 13.0 Å². The standard InChI is InChI=1S/C22H33NO3S.BrH/c1-13-20(14(2)24)27-12-23(13)11-17(26)15-9-10-16(25)19(22(6,7)8)18(15)21(3,4)5;/h9-10,12,14,17,24,26H,11H2,1-8H3;1H. The summed E-state index contributed by atoms with van der Waals surface area (Å²) in [5, 5.41) is 31.6. The number of thiazole rings is 1. The molecule has 2 aromatic rings. The topological polar surface area (TPSA) is 64.6 Å². The summed E-state index contributed by atoms with van der Waals surface area (Å²) < 4.78 is 1.99. The van der Waals surface area contributed by atoms with E-state index in [-0.39, 0.29) is 33.6 Å². The molecule has 0 spiro atoms. The maximum Gasteiger partial charge on any atom is 0.225 e. The van der Waals surface area contributed by atoms with Gasteiger partial charge in [-0.2, -0.15) is 4.57 Å². The number of hydrogen-bond donors (Lipinski definition) is 3. The lowest BCUT2D eigenvalue weighted by Gasteiger charge is -2.33. The van der Waals surface area contributed by atoms with Crippen molar-refractivity contribution in [1.29, 1.82) is 0 Å². The minimum absolute atomic E-state index is 0. The molecule has 4 nitrogen and oxygen atoms in total. The maximum absolute atomic E-state index is 11.1. The van der Waals surface area contributed by atoms with Crippen molar-refractivity contribution in [2.75, 3.05) is 0 Å². The van der Waals surface area contributed by atoms with Gasteiger partial charge in [-0.1, -0.05) is 58.9 Å². The van der Waals surface area contributed by atoms with Gasteiger partial charge in [-0.3, -0.25) is 0 Å². The zero-order valence-corrected chi connectivity index (χ0v) is 20.6. The van der Waals surface area contributed by atoms with Gasteiger partial charge in [0, 0.05) is 12.5 Å². The Balaban J connectivity index is 0.00000392. The fourth-order valence-corrected chi connectivity index (χ4v) is 4.71. The molecule has 0 aliphatic heterocycles. The highest BCUT2D eigenvalue weighted by atomic mass is 79.9. The second-order valence-electron chi connectivity index (χ2n) is 9.44. The second kappa shape index (κ2) is 8.82. The second-order valence-corrected chi connectivity index (χ2v) is 10.3. The average molecular weight is 472 g/mol. The van der Waals surface area contributed by atoms with Crippen molar-refractivity contribution in [3.8, 4) is 5.75 Å². The molecule has 28 heavy (non-hydrogen) atoms. The van der Waals surface area contributed by atoms with Crippen LogP contribution in [-0.2, 0) is 17.4 Å². The zero-order chi connectivity index (χ0) is 20.7. The zero-order valence-electron chi connectivity index (χ0n) is 18.2. The first-order valence-electron chi connectivity index (χ1n) is 9.45. The van der Waals surface area contributed by atoms with E-state index in [4.69, 9.17) is 0 Å². The highest BCUT2D eigenvalue weighted by Gasteiger charge is 2.33. The number of aromatic hydroxyl groups is 1. The smallest absolute Gasteiger partial charge is 0.225 e. The van der Waals surface area contributed by atoms with Crippen molar-refractivity contribution in [2.24, 2.45) is 0 Å². The van der Waals surface area contributed by atoms with Crippen molar-refractivity contribution in [2.45, 2.75) is 85.0 Å². The third kappa shape index (κ3) is 5.15. The Morgan fingerprint density at radius 2 is 1.54 bits per heavy atom. The summed E-state index contributed by atoms with van der Waals surface area (Å²) in [7, 11) is 0. The van der Waals surface area contributed by atoms with E-state index < -0.39 is 12.2 Å². The summed E-state index contributed by atoms with van der Waals surface area (Å²) in [6, 6.07) is 3.54. The lowest BCUT2D eigenvalue weighted by Crippen LogP contribution is -3.00. The van der Waals surface area contributed by atoms with Gasteiger partial charge in [-0.15, -0.1) is 0 Å². The van der Waals surface area contributed by atoms with E-state index in [1.165, 1.54) is 11.3 Å². The maximum atomic E-state index is 11.1. The average Bonchev–Trinajstić information content (AvgIpc) is 2.85. The largest absolute Gasteiger partial charge is 1.00 e. The molecule has 0 saturated heterocycles. The SMILES string of the molecule is Cc1c(C(C)O)sc[n+]1CC(O)c1ccc(O)c(C(C)(C)C)c1C(C)(C)C.[Br-]. The number of hydrogen-bond acceptors (Lipinski definition) is 4. The first-order valence-corrected chi connectivity index (χ1v) is 10.3. The van der Waals surface area contributed by atoms with E-state index in [1.807, 2.05) is 23.1 Å². The summed E-state index contributed by atoms with van der Waals surface area (Å²) >= 11 is 1.50. The van der Waals surface area contributed by atoms with Crippen LogP contribution in [0.25, 0.3) is 0 Å². The number of aliphatic hydroxyl groups is 2. The summed E-state index contributed by atoms with van der Waals surface area (Å²) in [4.78, 5) is 0.916. The molecule has 2 rings (SSSR count). The van der Waals surface area contributed by atoms with Crippen LogP contribution in [0.5, 0.6) is 5.75 Å². The lowest BCUT2D eigenvalue weighted by molar-refractivity contribution is -0.706. The Morgan fingerprint density at radius 3 is 1.96 bits per heavy atom. The Labute approximate surface area is 183 Å². The minimum atomic E-state index is -0.707. The van der Waals surface area contributed by atoms with Gasteiger partial charge in [0.2, 0.25) is 5.51 Å². The molecule has 1 aromatic carbocycles. The molecule has 0 saturated carbocycles. The number of phenols is 1. The van der Waals surface area contributed by atoms with E-state index in [2.05, 4.69) is 41.5 Å². The highest BCUT2D eigenvalue weighted by Crippen LogP contribution is 2.43. The fraction of sp³-hybridized carbons (Fsp3) is 0.591. The van der Waals surface area contributed by atoms with Gasteiger partial charge >= 0.3 is 0 Å². The molecule has 0 bridgehead atoms. The molecule has 1 aromatic heterocycles. The minimum Gasteiger partial charge on any atom is -1.00 e. The molecule has 0 radical (unpaired) electrons. The molecule has 1 heterocycles. The van der Waals surface area contributed by atoms with Gasteiger partial charge in [-0.05, 0) is 34.9 Å². The third-order valence-corrected chi connectivity index (χ3v) is 6.17. The Kier molecular flexibility index (Phi) is 7.90. The molecule has 0 aliphatic rings. The molecular weight excluding hydrogens is 438 g/mol. The summed E-state index contributed by atoms with van der Waals surface area (Å²) in [5.41, 5.74) is 5.20. The predicted octanol–water partition coefficient (Wildman–Crippen LogP) is 1.44. The van der Waals surface area contributed by atoms with Crippen LogP contribution in [0.3, 0.4) is 0 Å². The van der Waals surface area contributed by atoms with E-state index in [0.717, 1.165) is 27.3 Å². The van der Waals surface area contributed by atoms with E-state index in [0.29, 0.717) is 6.54 Å². The molecule has 158 valence electrons. The fourth-order valence-electron chi connectivity index (χ4n) is 3.74. The first-order chi connectivity index (χ1) is 12.2. The van der Waals surface area contributed by atoms with Crippen LogP contribution in [0.15, 0.2) is 17.6 Å².